The van der Waals surface area contributed by atoms with Crippen LogP contribution in [0.1, 0.15) is 39.7 Å². The van der Waals surface area contributed by atoms with Crippen LogP contribution >= 0.6 is 0 Å². The first kappa shape index (κ1) is 32.1. The summed E-state index contributed by atoms with van der Waals surface area (Å²) in [7, 11) is 4.38. The molecule has 2 rings (SSSR count). The van der Waals surface area contributed by atoms with Gasteiger partial charge in [-0.15, -0.1) is 0 Å². The zero-order valence-electron chi connectivity index (χ0n) is 23.4. The molecule has 0 amide bonds. The maximum atomic E-state index is 13.0. The highest BCUT2D eigenvalue weighted by molar-refractivity contribution is 5.94. The maximum Gasteiger partial charge on any atom is 0.303 e. The minimum absolute atomic E-state index is 0.333. The van der Waals surface area contributed by atoms with E-state index in [9.17, 15) is 24.0 Å². The molecule has 0 spiro atoms. The van der Waals surface area contributed by atoms with Crippen molar-refractivity contribution in [2.75, 3.05) is 27.9 Å². The zero-order valence-corrected chi connectivity index (χ0v) is 23.4. The average molecular weight is 567 g/mol. The SMILES string of the molecule is COc1cc(/C=C/C(=O)C[C@@H]2O[C@H](COC(C)=O)[C@@H](OC(C)=O)[C@H](OC(C)=O)[C@H]2OC(C)=O)cc(OC)c1OC. The van der Waals surface area contributed by atoms with Gasteiger partial charge in [-0.1, -0.05) is 6.08 Å². The maximum absolute atomic E-state index is 13.0. The van der Waals surface area contributed by atoms with E-state index >= 15 is 0 Å². The molecule has 1 aromatic carbocycles. The molecule has 1 aliphatic rings. The van der Waals surface area contributed by atoms with Crippen LogP contribution in [0.25, 0.3) is 6.08 Å². The fraction of sp³-hybridized carbons (Fsp3) is 0.519. The van der Waals surface area contributed by atoms with Crippen molar-refractivity contribution in [1.29, 1.82) is 0 Å². The molecule has 1 heterocycles. The largest absolute Gasteiger partial charge is 0.493 e. The molecule has 0 radical (unpaired) electrons. The third-order valence-corrected chi connectivity index (χ3v) is 5.64. The molecular formula is C27H34O13. The molecule has 0 N–H and O–H groups in total. The Morgan fingerprint density at radius 2 is 1.23 bits per heavy atom. The van der Waals surface area contributed by atoms with Gasteiger partial charge in [-0.05, 0) is 23.8 Å². The Balaban J connectivity index is 2.40. The molecule has 0 saturated carbocycles. The van der Waals surface area contributed by atoms with Crippen molar-refractivity contribution in [2.45, 2.75) is 64.6 Å². The van der Waals surface area contributed by atoms with Crippen LogP contribution in [-0.2, 0) is 47.7 Å². The fourth-order valence-corrected chi connectivity index (χ4v) is 4.14. The second kappa shape index (κ2) is 14.9. The lowest BCUT2D eigenvalue weighted by Crippen LogP contribution is -2.62. The Morgan fingerprint density at radius 3 is 1.68 bits per heavy atom. The molecular weight excluding hydrogens is 532 g/mol. The summed E-state index contributed by atoms with van der Waals surface area (Å²) in [5, 5.41) is 0. The predicted molar refractivity (Wildman–Crippen MR) is 137 cm³/mol. The zero-order chi connectivity index (χ0) is 30.0. The smallest absolute Gasteiger partial charge is 0.303 e. The van der Waals surface area contributed by atoms with Gasteiger partial charge in [0.1, 0.15) is 18.8 Å². The number of benzene rings is 1. The molecule has 13 nitrogen and oxygen atoms in total. The van der Waals surface area contributed by atoms with Gasteiger partial charge in [-0.2, -0.15) is 0 Å². The molecule has 5 atom stereocenters. The van der Waals surface area contributed by atoms with Crippen LogP contribution in [0.15, 0.2) is 18.2 Å². The van der Waals surface area contributed by atoms with Crippen LogP contribution in [-0.4, -0.2) is 88.1 Å². The Kier molecular flexibility index (Phi) is 11.9. The van der Waals surface area contributed by atoms with E-state index in [1.807, 2.05) is 0 Å². The van der Waals surface area contributed by atoms with Crippen molar-refractivity contribution in [3.05, 3.63) is 23.8 Å². The summed E-state index contributed by atoms with van der Waals surface area (Å²) in [5.41, 5.74) is 0.560. The summed E-state index contributed by atoms with van der Waals surface area (Å²) < 4.78 is 43.1. The Hall–Kier alpha value is -4.13. The normalized spacial score (nSPS) is 22.1. The molecule has 0 aliphatic carbocycles. The molecule has 1 aliphatic heterocycles. The quantitative estimate of drug-likeness (QED) is 0.205. The van der Waals surface area contributed by atoms with E-state index in [0.717, 1.165) is 20.8 Å². The third kappa shape index (κ3) is 8.97. The molecule has 1 saturated heterocycles. The number of ketones is 1. The molecule has 0 unspecified atom stereocenters. The number of carbonyl (C=O) groups is 5. The number of ether oxygens (including phenoxy) is 8. The highest BCUT2D eigenvalue weighted by Gasteiger charge is 2.52. The molecule has 40 heavy (non-hydrogen) atoms. The Labute approximate surface area is 231 Å². The summed E-state index contributed by atoms with van der Waals surface area (Å²) in [6, 6.07) is 3.28. The number of allylic oxidation sites excluding steroid dienone is 1. The van der Waals surface area contributed by atoms with Gasteiger partial charge in [-0.3, -0.25) is 24.0 Å². The molecule has 0 bridgehead atoms. The first-order chi connectivity index (χ1) is 18.9. The number of esters is 4. The molecule has 220 valence electrons. The van der Waals surface area contributed by atoms with Crippen molar-refractivity contribution in [1.82, 2.24) is 0 Å². The van der Waals surface area contributed by atoms with Crippen LogP contribution in [0.5, 0.6) is 17.2 Å². The summed E-state index contributed by atoms with van der Waals surface area (Å²) in [6.45, 7) is 4.15. The van der Waals surface area contributed by atoms with Gasteiger partial charge >= 0.3 is 23.9 Å². The van der Waals surface area contributed by atoms with Crippen molar-refractivity contribution >= 4 is 35.7 Å². The van der Waals surface area contributed by atoms with Crippen molar-refractivity contribution in [2.24, 2.45) is 0 Å². The highest BCUT2D eigenvalue weighted by Crippen LogP contribution is 2.38. The standard InChI is InChI=1S/C27H34O13/c1-14(28)36-13-23-26(38-16(3)30)27(39-17(4)31)25(37-15(2)29)22(40-23)12-19(32)9-8-18-10-20(33-5)24(35-7)21(11-18)34-6/h8-11,22-23,25-27H,12-13H2,1-7H3/b9-8+/t22-,23+,25-,26+,27+/m0/s1. The molecule has 1 aromatic rings. The molecule has 1 fully saturated rings. The number of carbonyl (C=O) groups excluding carboxylic acids is 5. The summed E-state index contributed by atoms with van der Waals surface area (Å²) in [6.07, 6.45) is -3.81. The first-order valence-electron chi connectivity index (χ1n) is 12.2. The van der Waals surface area contributed by atoms with Crippen molar-refractivity contribution in [3.63, 3.8) is 0 Å². The topological polar surface area (TPSA) is 159 Å². The third-order valence-electron chi connectivity index (χ3n) is 5.64. The van der Waals surface area contributed by atoms with Gasteiger partial charge in [0.2, 0.25) is 5.75 Å². The van der Waals surface area contributed by atoms with E-state index < -0.39 is 60.2 Å². The van der Waals surface area contributed by atoms with Crippen molar-refractivity contribution in [3.8, 4) is 17.2 Å². The fourth-order valence-electron chi connectivity index (χ4n) is 4.14. The van der Waals surface area contributed by atoms with E-state index in [-0.39, 0.29) is 13.0 Å². The van der Waals surface area contributed by atoms with Gasteiger partial charge in [0, 0.05) is 34.1 Å². The lowest BCUT2D eigenvalue weighted by molar-refractivity contribution is -0.252. The van der Waals surface area contributed by atoms with Crippen LogP contribution in [0, 0.1) is 0 Å². The predicted octanol–water partition coefficient (Wildman–Crippen LogP) is 1.81. The van der Waals surface area contributed by atoms with Crippen molar-refractivity contribution < 1.29 is 61.9 Å². The lowest BCUT2D eigenvalue weighted by atomic mass is 9.91. The highest BCUT2D eigenvalue weighted by atomic mass is 16.7. The van der Waals surface area contributed by atoms with Gasteiger partial charge in [0.15, 0.2) is 35.6 Å². The Bertz CT molecular complexity index is 1100. The van der Waals surface area contributed by atoms with E-state index in [4.69, 9.17) is 37.9 Å². The van der Waals surface area contributed by atoms with Gasteiger partial charge < -0.3 is 37.9 Å². The number of methoxy groups -OCH3 is 3. The second-order valence-corrected chi connectivity index (χ2v) is 8.70. The van der Waals surface area contributed by atoms with Crippen LogP contribution in [0.3, 0.4) is 0 Å². The van der Waals surface area contributed by atoms with E-state index in [1.165, 1.54) is 40.4 Å². The van der Waals surface area contributed by atoms with E-state index in [2.05, 4.69) is 0 Å². The number of hydrogen-bond acceptors (Lipinski definition) is 13. The van der Waals surface area contributed by atoms with Gasteiger partial charge in [-0.25, -0.2) is 0 Å². The summed E-state index contributed by atoms with van der Waals surface area (Å²) in [5.74, 6) is -2.21. The first-order valence-corrected chi connectivity index (χ1v) is 12.2. The van der Waals surface area contributed by atoms with Crippen LogP contribution < -0.4 is 14.2 Å². The average Bonchev–Trinajstić information content (AvgIpc) is 2.88. The second-order valence-electron chi connectivity index (χ2n) is 8.70. The lowest BCUT2D eigenvalue weighted by Gasteiger charge is -2.44. The van der Waals surface area contributed by atoms with Crippen LogP contribution in [0.2, 0.25) is 0 Å². The molecule has 13 heteroatoms. The number of hydrogen-bond donors (Lipinski definition) is 0. The minimum atomic E-state index is -1.35. The molecule has 0 aromatic heterocycles. The van der Waals surface area contributed by atoms with Gasteiger partial charge in [0.25, 0.3) is 0 Å². The minimum Gasteiger partial charge on any atom is -0.493 e. The summed E-state index contributed by atoms with van der Waals surface area (Å²) in [4.78, 5) is 60.3. The Morgan fingerprint density at radius 1 is 0.725 bits per heavy atom. The van der Waals surface area contributed by atoms with E-state index in [0.29, 0.717) is 22.8 Å². The number of rotatable bonds is 12. The summed E-state index contributed by atoms with van der Waals surface area (Å²) >= 11 is 0. The van der Waals surface area contributed by atoms with Crippen LogP contribution in [0.4, 0.5) is 0 Å². The van der Waals surface area contributed by atoms with E-state index in [1.54, 1.807) is 12.1 Å². The monoisotopic (exact) mass is 566 g/mol. The van der Waals surface area contributed by atoms with Gasteiger partial charge in [0.05, 0.1) is 21.3 Å².